The molecule has 0 aliphatic heterocycles. The van der Waals surface area contributed by atoms with E-state index in [1.807, 2.05) is 0 Å². The molecule has 0 unspecified atom stereocenters. The summed E-state index contributed by atoms with van der Waals surface area (Å²) >= 11 is 0. The maximum Gasteiger partial charge on any atom is 2.00 e. The Kier molecular flexibility index (Phi) is 20.1. The largest absolute Gasteiger partial charge is 2.00 e. The van der Waals surface area contributed by atoms with Crippen LogP contribution in [0.3, 0.4) is 0 Å². The Morgan fingerprint density at radius 2 is 1.35 bits per heavy atom. The number of carbonyl (C=O) groups excluding carboxylic acids is 2. The van der Waals surface area contributed by atoms with Gasteiger partial charge in [-0.2, -0.15) is 0 Å². The van der Waals surface area contributed by atoms with Gasteiger partial charge >= 0.3 is 23.1 Å². The number of ketones is 1. The Hall–Kier alpha value is -2.46. The normalized spacial score (nSPS) is 8.85. The second kappa shape index (κ2) is 18.9. The van der Waals surface area contributed by atoms with Crippen molar-refractivity contribution in [2.75, 3.05) is 27.4 Å². The summed E-state index contributed by atoms with van der Waals surface area (Å²) in [6, 6.07) is 8.04. The van der Waals surface area contributed by atoms with Gasteiger partial charge < -0.3 is 29.3 Å². The molecule has 0 heterocycles. The van der Waals surface area contributed by atoms with Gasteiger partial charge in [0.2, 0.25) is 0 Å². The fraction of sp³-hybridized carbons (Fsp3) is 0.208. The van der Waals surface area contributed by atoms with Gasteiger partial charge in [0.25, 0.3) is 5.91 Å². The Bertz CT molecular complexity index is 944. The molecule has 1 amide bonds. The molecule has 0 spiro atoms. The molecule has 2 aromatic carbocycles. The van der Waals surface area contributed by atoms with E-state index in [0.717, 1.165) is 5.06 Å². The molecule has 34 heavy (non-hydrogen) atoms. The fourth-order valence-corrected chi connectivity index (χ4v) is 2.18. The molecule has 0 atom stereocenters. The van der Waals surface area contributed by atoms with Crippen molar-refractivity contribution in [3.8, 4) is 11.5 Å². The number of carbonyl (C=O) groups is 2. The van der Waals surface area contributed by atoms with Crippen LogP contribution in [0.5, 0.6) is 11.5 Å². The van der Waals surface area contributed by atoms with E-state index < -0.39 is 17.5 Å². The maximum absolute atomic E-state index is 13.5. The predicted octanol–water partition coefficient (Wildman–Crippen LogP) is 1.69. The van der Waals surface area contributed by atoms with E-state index in [1.54, 1.807) is 12.2 Å². The molecule has 6 nitrogen and oxygen atoms in total. The summed E-state index contributed by atoms with van der Waals surface area (Å²) in [6.45, 7) is 8.93. The zero-order chi connectivity index (χ0) is 23.4. The van der Waals surface area contributed by atoms with Crippen molar-refractivity contribution in [2.24, 2.45) is 0 Å². The van der Waals surface area contributed by atoms with Crippen molar-refractivity contribution in [3.63, 3.8) is 0 Å². The third-order valence-corrected chi connectivity index (χ3v) is 3.78. The molecule has 0 radical (unpaired) electrons. The first-order valence-electron chi connectivity index (χ1n) is 9.14. The van der Waals surface area contributed by atoms with Crippen LogP contribution in [0.1, 0.15) is 27.6 Å². The van der Waals surface area contributed by atoms with E-state index in [2.05, 4.69) is 13.2 Å². The van der Waals surface area contributed by atoms with Gasteiger partial charge in [0.1, 0.15) is 36.3 Å². The van der Waals surface area contributed by atoms with Gasteiger partial charge in [-0.25, -0.2) is 13.8 Å². The van der Waals surface area contributed by atoms with Crippen LogP contribution in [0.25, 0.3) is 0 Å². The van der Waals surface area contributed by atoms with Gasteiger partial charge in [0, 0.05) is 7.05 Å². The summed E-state index contributed by atoms with van der Waals surface area (Å²) < 4.78 is 36.9. The SMILES string of the molecule is C=CCOc1ccc(F)c(C(=O)N(C)OC)c1.C=CCOc1ccc(F)c(C(C)=O)c1.[CH3-].[Cl-].[Mg+2]. The Balaban J connectivity index is -0.000000527. The number of rotatable bonds is 9. The summed E-state index contributed by atoms with van der Waals surface area (Å²) in [5, 5.41) is 0.940. The maximum atomic E-state index is 13.5. The monoisotopic (exact) mass is 507 g/mol. The van der Waals surface area contributed by atoms with E-state index in [9.17, 15) is 18.4 Å². The molecule has 0 N–H and O–H groups in total. The first-order chi connectivity index (χ1) is 14.7. The molecule has 0 aliphatic rings. The van der Waals surface area contributed by atoms with Crippen LogP contribution in [-0.2, 0) is 4.84 Å². The third kappa shape index (κ3) is 11.6. The van der Waals surface area contributed by atoms with Crippen molar-refractivity contribution < 1.29 is 45.1 Å². The van der Waals surface area contributed by atoms with Gasteiger partial charge in [-0.1, -0.05) is 25.3 Å². The molecule has 0 bridgehead atoms. The van der Waals surface area contributed by atoms with Crippen LogP contribution in [0.15, 0.2) is 61.7 Å². The van der Waals surface area contributed by atoms with Crippen molar-refractivity contribution in [2.45, 2.75) is 6.92 Å². The predicted molar refractivity (Wildman–Crippen MR) is 125 cm³/mol. The summed E-state index contributed by atoms with van der Waals surface area (Å²) in [5.41, 5.74) is -0.0533. The minimum atomic E-state index is -0.621. The average Bonchev–Trinajstić information content (AvgIpc) is 2.77. The van der Waals surface area contributed by atoms with Crippen molar-refractivity contribution in [1.29, 1.82) is 0 Å². The number of halogens is 3. The van der Waals surface area contributed by atoms with Crippen LogP contribution in [0.4, 0.5) is 8.78 Å². The fourth-order valence-electron chi connectivity index (χ4n) is 2.18. The van der Waals surface area contributed by atoms with Crippen molar-refractivity contribution in [3.05, 3.63) is 91.9 Å². The second-order valence-electron chi connectivity index (χ2n) is 6.02. The summed E-state index contributed by atoms with van der Waals surface area (Å²) in [7, 11) is 2.73. The number of benzene rings is 2. The Morgan fingerprint density at radius 1 is 0.941 bits per heavy atom. The molecular weight excluding hydrogens is 480 g/mol. The zero-order valence-corrected chi connectivity index (χ0v) is 21.9. The molecule has 182 valence electrons. The standard InChI is InChI=1S/C12H14FNO3.C11H11FO2.CH3.ClH.Mg/c1-4-7-17-9-5-6-11(13)10(8-9)12(15)14(2)16-3;1-3-6-14-9-4-5-11(12)10(7-9)8(2)13;;;/h4-6,8H,1,7H2,2-3H3;3-5,7H,1,6H2,2H3;1H3;1H;/q;;-1;;+2/p-1. The van der Waals surface area contributed by atoms with Crippen LogP contribution in [0, 0.1) is 19.1 Å². The molecule has 0 aliphatic carbocycles. The van der Waals surface area contributed by atoms with Crippen LogP contribution < -0.4 is 21.9 Å². The number of hydrogen-bond acceptors (Lipinski definition) is 5. The van der Waals surface area contributed by atoms with Gasteiger partial charge in [-0.05, 0) is 43.3 Å². The summed E-state index contributed by atoms with van der Waals surface area (Å²) in [6.07, 6.45) is 3.14. The quantitative estimate of drug-likeness (QED) is 0.170. The number of ether oxygens (including phenoxy) is 2. The van der Waals surface area contributed by atoms with Crippen molar-refractivity contribution >= 4 is 34.7 Å². The number of hydroxylamine groups is 2. The van der Waals surface area contributed by atoms with Gasteiger partial charge in [-0.15, -0.1) is 0 Å². The van der Waals surface area contributed by atoms with E-state index >= 15 is 0 Å². The minimum absolute atomic E-state index is 0. The molecular formula is C24H28ClF2MgNO5. The molecule has 2 rings (SSSR count). The summed E-state index contributed by atoms with van der Waals surface area (Å²) in [4.78, 5) is 27.4. The third-order valence-electron chi connectivity index (χ3n) is 3.78. The number of Topliss-reactive ketones (excluding diaryl/α,β-unsaturated/α-hetero) is 1. The van der Waals surface area contributed by atoms with E-state index in [1.165, 1.54) is 57.5 Å². The molecule has 0 fully saturated rings. The number of amides is 1. The number of nitrogens with zero attached hydrogens (tertiary/aromatic N) is 1. The molecule has 0 saturated heterocycles. The van der Waals surface area contributed by atoms with Crippen LogP contribution in [-0.4, -0.2) is 67.2 Å². The van der Waals surface area contributed by atoms with E-state index in [0.29, 0.717) is 24.7 Å². The van der Waals surface area contributed by atoms with Crippen molar-refractivity contribution in [1.82, 2.24) is 5.06 Å². The Labute approximate surface area is 222 Å². The van der Waals surface area contributed by atoms with Gasteiger partial charge in [0.15, 0.2) is 5.78 Å². The topological polar surface area (TPSA) is 65.1 Å². The Morgan fingerprint density at radius 3 is 1.74 bits per heavy atom. The molecule has 0 aromatic heterocycles. The summed E-state index contributed by atoms with van der Waals surface area (Å²) in [5.74, 6) is -1.16. The van der Waals surface area contributed by atoms with E-state index in [4.69, 9.17) is 14.3 Å². The molecule has 10 heteroatoms. The number of hydrogen-bond donors (Lipinski definition) is 0. The van der Waals surface area contributed by atoms with Crippen LogP contribution >= 0.6 is 0 Å². The smallest absolute Gasteiger partial charge is 1.00 e. The zero-order valence-electron chi connectivity index (χ0n) is 19.8. The van der Waals surface area contributed by atoms with Gasteiger partial charge in [0.05, 0.1) is 18.2 Å². The average molecular weight is 508 g/mol. The van der Waals surface area contributed by atoms with Crippen LogP contribution in [0.2, 0.25) is 0 Å². The molecule has 2 aromatic rings. The molecule has 0 saturated carbocycles. The first kappa shape index (κ1) is 36.1. The minimum Gasteiger partial charge on any atom is -1.00 e. The second-order valence-corrected chi connectivity index (χ2v) is 6.02. The first-order valence-corrected chi connectivity index (χ1v) is 9.14. The van der Waals surface area contributed by atoms with E-state index in [-0.39, 0.29) is 59.8 Å². The van der Waals surface area contributed by atoms with Gasteiger partial charge in [-0.3, -0.25) is 14.4 Å².